The number of pyridine rings is 6. The van der Waals surface area contributed by atoms with Crippen LogP contribution in [0.3, 0.4) is 0 Å². The van der Waals surface area contributed by atoms with Gasteiger partial charge in [-0.15, -0.1) is 0 Å². The van der Waals surface area contributed by atoms with Crippen LogP contribution in [0.15, 0.2) is 185 Å². The number of rotatable bonds is 22. The molecule has 0 spiro atoms. The third-order valence-electron chi connectivity index (χ3n) is 20.9. The maximum atomic E-state index is 13.7. The number of carbonyl (C=O) groups excluding carboxylic acids is 3. The molecule has 4 aliphatic rings. The Morgan fingerprint density at radius 1 is 0.509 bits per heavy atom. The molecule has 0 bridgehead atoms. The average Bonchev–Trinajstić information content (AvgIpc) is 1.38. The average molecular weight is 1610 g/mol. The van der Waals surface area contributed by atoms with Crippen molar-refractivity contribution in [2.75, 3.05) is 64.7 Å². The van der Waals surface area contributed by atoms with E-state index in [0.717, 1.165) is 66.9 Å². The van der Waals surface area contributed by atoms with E-state index in [-0.39, 0.29) is 66.7 Å². The summed E-state index contributed by atoms with van der Waals surface area (Å²) in [6.45, 7) is 31.9. The SMILES string of the molecule is CC(C)COc1cccc(-c2cnc(N3CC(C)CC3(C)C)c(C(=O)NS(=O)(=O)c3cccc(C(C)C)n3)c2)c1.CC1CN(c2ncc(-c3ccc(CO)cc3)cc2C(=O)NS(=O)(=O)c2cccc(N)n2)C(C)(C)C1.CC1CN(c2ncccc2C(=O)NS(=O)(=O)c2cccc(Cc3ccc(N4CCCCC4)cc3)n2)C(C)(C)C1. The van der Waals surface area contributed by atoms with Crippen LogP contribution in [0.2, 0.25) is 0 Å². The number of carbonyl (C=O) groups is 3. The second-order valence-electron chi connectivity index (χ2n) is 33.0. The van der Waals surface area contributed by atoms with Crippen LogP contribution in [0, 0.1) is 23.7 Å². The van der Waals surface area contributed by atoms with Crippen molar-refractivity contribution < 1.29 is 49.5 Å². The Balaban J connectivity index is 0.000000169. The van der Waals surface area contributed by atoms with Crippen molar-refractivity contribution in [1.29, 1.82) is 0 Å². The van der Waals surface area contributed by atoms with Gasteiger partial charge in [-0.05, 0) is 217 Å². The first-order valence-corrected chi connectivity index (χ1v) is 43.3. The van der Waals surface area contributed by atoms with E-state index in [0.29, 0.717) is 89.8 Å². The van der Waals surface area contributed by atoms with Crippen LogP contribution in [-0.4, -0.2) is 134 Å². The number of benzene rings is 3. The molecule has 9 aromatic rings. The van der Waals surface area contributed by atoms with E-state index in [1.54, 1.807) is 79.3 Å². The van der Waals surface area contributed by atoms with Gasteiger partial charge in [-0.1, -0.05) is 115 Å². The van der Waals surface area contributed by atoms with Gasteiger partial charge in [0, 0.05) is 103 Å². The molecule has 3 unspecified atom stereocenters. The third kappa shape index (κ3) is 20.6. The number of nitrogens with zero attached hydrogens (tertiary/aromatic N) is 10. The lowest BCUT2D eigenvalue weighted by atomic mass is 9.97. The zero-order chi connectivity index (χ0) is 82.2. The number of aliphatic hydroxyl groups is 1. The molecule has 25 nitrogen and oxygen atoms in total. The minimum atomic E-state index is -4.26. The zero-order valence-electron chi connectivity index (χ0n) is 67.3. The van der Waals surface area contributed by atoms with Gasteiger partial charge in [0.25, 0.3) is 47.8 Å². The van der Waals surface area contributed by atoms with Crippen molar-refractivity contribution >= 4 is 76.8 Å². The van der Waals surface area contributed by atoms with E-state index in [4.69, 9.17) is 15.5 Å². The summed E-state index contributed by atoms with van der Waals surface area (Å²) in [4.78, 5) is 75.4. The molecule has 3 atom stereocenters. The van der Waals surface area contributed by atoms with E-state index in [2.05, 4.69) is 159 Å². The number of anilines is 5. The molecular formula is C86H106N14O11S3. The number of aromatic nitrogens is 6. The van der Waals surface area contributed by atoms with Crippen molar-refractivity contribution in [2.45, 2.75) is 179 Å². The molecule has 6 N–H and O–H groups in total. The molecule has 4 saturated heterocycles. The predicted molar refractivity (Wildman–Crippen MR) is 446 cm³/mol. The van der Waals surface area contributed by atoms with E-state index >= 15 is 0 Å². The van der Waals surface area contributed by atoms with E-state index in [1.165, 1.54) is 55.3 Å². The summed E-state index contributed by atoms with van der Waals surface area (Å²) in [5, 5.41) is 8.61. The predicted octanol–water partition coefficient (Wildman–Crippen LogP) is 13.8. The summed E-state index contributed by atoms with van der Waals surface area (Å²) in [6.07, 6.45) is 12.1. The number of amides is 3. The van der Waals surface area contributed by atoms with Gasteiger partial charge in [-0.2, -0.15) is 25.3 Å². The van der Waals surface area contributed by atoms with Gasteiger partial charge >= 0.3 is 0 Å². The second kappa shape index (κ2) is 35.1. The van der Waals surface area contributed by atoms with Crippen molar-refractivity contribution in [2.24, 2.45) is 23.7 Å². The molecule has 0 saturated carbocycles. The van der Waals surface area contributed by atoms with Gasteiger partial charge in [0.05, 0.1) is 29.9 Å². The third-order valence-corrected chi connectivity index (χ3v) is 24.6. The maximum Gasteiger partial charge on any atom is 0.281 e. The molecule has 10 heterocycles. The van der Waals surface area contributed by atoms with E-state index in [1.807, 2.05) is 50.2 Å². The molecule has 4 aliphatic heterocycles. The summed E-state index contributed by atoms with van der Waals surface area (Å²) in [6, 6.07) is 43.7. The fraction of sp³-hybridized carbons (Fsp3) is 0.407. The van der Waals surface area contributed by atoms with Crippen LogP contribution in [0.1, 0.15) is 188 Å². The minimum absolute atomic E-state index is 0.0313. The van der Waals surface area contributed by atoms with Gasteiger partial charge in [-0.3, -0.25) is 14.4 Å². The normalized spacial score (nSPS) is 17.8. The zero-order valence-corrected chi connectivity index (χ0v) is 69.7. The van der Waals surface area contributed by atoms with E-state index < -0.39 is 47.8 Å². The molecule has 0 aliphatic carbocycles. The quantitative estimate of drug-likeness (QED) is 0.0421. The molecule has 114 heavy (non-hydrogen) atoms. The number of nitrogens with two attached hydrogens (primary N) is 1. The fourth-order valence-corrected chi connectivity index (χ4v) is 18.4. The second-order valence-corrected chi connectivity index (χ2v) is 37.9. The lowest BCUT2D eigenvalue weighted by molar-refractivity contribution is 0.0972. The Kier molecular flexibility index (Phi) is 26.0. The topological polar surface area (TPSA) is 335 Å². The lowest BCUT2D eigenvalue weighted by Gasteiger charge is -2.33. The smallest absolute Gasteiger partial charge is 0.281 e. The summed E-state index contributed by atoms with van der Waals surface area (Å²) in [5.74, 6) is 1.50. The van der Waals surface area contributed by atoms with Crippen LogP contribution in [0.25, 0.3) is 22.3 Å². The lowest BCUT2D eigenvalue weighted by Crippen LogP contribution is -2.41. The van der Waals surface area contributed by atoms with Crippen LogP contribution < -0.4 is 44.2 Å². The minimum Gasteiger partial charge on any atom is -0.493 e. The van der Waals surface area contributed by atoms with Crippen molar-refractivity contribution in [1.82, 2.24) is 44.1 Å². The highest BCUT2D eigenvalue weighted by molar-refractivity contribution is 7.90. The standard InChI is InChI=1S/C31H40N4O4S.C30H37N5O3S.C25H29N5O4S/c1-20(2)19-39-25-11-8-10-23(14-25)24-15-26(29(32-17-24)35-18-22(5)16-31(35,6)7)30(36)34-40(37,38)28-13-9-12-27(33-28)21(3)4;1-22-20-30(2,3)35(21-22)28-26(10-8-16-31-28)29(36)33-39(37,38)27-11-7-9-24(32-27)19-23-12-14-25(15-13-23)34-17-5-4-6-18-34;1-16-12-25(2,3)30(14-16)23-20(11-19(13-27-23)18-9-7-17(15-31)8-10-18)24(32)29-35(33,34)22-6-4-5-21(26)28-22/h8-15,17,20-22H,16,18-19H2,1-7H3,(H,34,36);7-16,22H,4-6,17-21H2,1-3H3,(H,33,36);4-11,13,16,31H,12,14-15H2,1-3H3,(H2,26,28)(H,29,32). The number of ether oxygens (including phenoxy) is 1. The molecule has 4 fully saturated rings. The number of hydrogen-bond donors (Lipinski definition) is 5. The van der Waals surface area contributed by atoms with Crippen LogP contribution in [0.5, 0.6) is 5.75 Å². The summed E-state index contributed by atoms with van der Waals surface area (Å²) < 4.78 is 91.3. The van der Waals surface area contributed by atoms with Crippen molar-refractivity contribution in [3.8, 4) is 28.0 Å². The van der Waals surface area contributed by atoms with Gasteiger partial charge in [0.2, 0.25) is 0 Å². The highest BCUT2D eigenvalue weighted by atomic mass is 32.2. The number of nitrogens with one attached hydrogen (secondary N) is 3. The highest BCUT2D eigenvalue weighted by Gasteiger charge is 2.43. The maximum absolute atomic E-state index is 13.7. The van der Waals surface area contributed by atoms with Gasteiger partial charge < -0.3 is 35.2 Å². The number of sulfonamides is 3. The summed E-state index contributed by atoms with van der Waals surface area (Å²) >= 11 is 0. The van der Waals surface area contributed by atoms with Crippen molar-refractivity contribution in [3.05, 3.63) is 209 Å². The molecule has 13 rings (SSSR count). The van der Waals surface area contributed by atoms with E-state index in [9.17, 15) is 44.7 Å². The Morgan fingerprint density at radius 3 is 1.46 bits per heavy atom. The van der Waals surface area contributed by atoms with Crippen LogP contribution in [0.4, 0.5) is 29.0 Å². The molecule has 6 aromatic heterocycles. The van der Waals surface area contributed by atoms with Crippen molar-refractivity contribution in [3.63, 3.8) is 0 Å². The number of piperidine rings is 1. The largest absolute Gasteiger partial charge is 0.493 e. The van der Waals surface area contributed by atoms with Gasteiger partial charge in [-0.25, -0.2) is 44.1 Å². The Morgan fingerprint density at radius 2 is 0.974 bits per heavy atom. The highest BCUT2D eigenvalue weighted by Crippen LogP contribution is 2.42. The fourth-order valence-electron chi connectivity index (χ4n) is 15.6. The molecule has 0 radical (unpaired) electrons. The first-order valence-electron chi connectivity index (χ1n) is 38.8. The molecule has 3 amide bonds. The monoisotopic (exact) mass is 1610 g/mol. The Bertz CT molecular complexity index is 5310. The first kappa shape index (κ1) is 84.5. The molecule has 604 valence electrons. The van der Waals surface area contributed by atoms with Crippen LogP contribution in [-0.2, 0) is 43.1 Å². The molecule has 28 heteroatoms. The van der Waals surface area contributed by atoms with Gasteiger partial charge in [0.1, 0.15) is 29.0 Å². The Labute approximate surface area is 671 Å². The first-order chi connectivity index (χ1) is 53.9. The van der Waals surface area contributed by atoms with Gasteiger partial charge in [0.15, 0.2) is 15.1 Å². The Hall–Kier alpha value is -10.4. The summed E-state index contributed by atoms with van der Waals surface area (Å²) in [7, 11) is -12.7. The van der Waals surface area contributed by atoms with Crippen LogP contribution >= 0.6 is 0 Å². The molecular weight excluding hydrogens is 1500 g/mol. The summed E-state index contributed by atoms with van der Waals surface area (Å²) in [5.41, 5.74) is 12.7. The number of nitrogen functional groups attached to an aromatic ring is 1. The number of hydrogen-bond acceptors (Lipinski definition) is 22. The number of aliphatic hydroxyl groups excluding tert-OH is 1. The molecule has 3 aromatic carbocycles.